The number of rotatable bonds is 2. The van der Waals surface area contributed by atoms with Gasteiger partial charge in [0.1, 0.15) is 11.2 Å². The van der Waals surface area contributed by atoms with Crippen LogP contribution in [-0.4, -0.2) is 0 Å². The van der Waals surface area contributed by atoms with E-state index in [1.54, 1.807) is 6.07 Å². The summed E-state index contributed by atoms with van der Waals surface area (Å²) in [5, 5.41) is 2.03. The van der Waals surface area contributed by atoms with Crippen LogP contribution in [0.2, 0.25) is 0 Å². The second-order valence-corrected chi connectivity index (χ2v) is 8.21. The van der Waals surface area contributed by atoms with Crippen LogP contribution < -0.4 is 10.4 Å². The third-order valence-corrected chi connectivity index (χ3v) is 6.48. The second kappa shape index (κ2) is 7.21. The minimum absolute atomic E-state index is 0.158. The summed E-state index contributed by atoms with van der Waals surface area (Å²) in [4.78, 5) is 0. The molecule has 2 atom stereocenters. The van der Waals surface area contributed by atoms with E-state index in [1.165, 1.54) is 0 Å². The van der Waals surface area contributed by atoms with Crippen LogP contribution in [0.1, 0.15) is 22.1 Å². The van der Waals surface area contributed by atoms with Crippen molar-refractivity contribution < 1.29 is 15.4 Å². The number of fused-ring (bicyclic) bond motifs is 5. The minimum atomic E-state index is -0.939. The summed E-state index contributed by atoms with van der Waals surface area (Å²) in [6.07, 6.45) is 0. The van der Waals surface area contributed by atoms with Gasteiger partial charge in [-0.25, -0.2) is 0 Å². The lowest BCUT2D eigenvalue weighted by atomic mass is 9.70. The molecule has 156 valence electrons. The Balaban J connectivity index is 1.81. The molecule has 0 N–H and O–H groups in total. The zero-order chi connectivity index (χ0) is 28.7. The van der Waals surface area contributed by atoms with E-state index in [2.05, 4.69) is 0 Å². The summed E-state index contributed by atoms with van der Waals surface area (Å²) in [5.41, 5.74) is 3.36. The van der Waals surface area contributed by atoms with Crippen molar-refractivity contribution in [1.29, 1.82) is 0 Å². The molecule has 0 radical (unpaired) electrons. The quantitative estimate of drug-likeness (QED) is 0.318. The first-order valence-corrected chi connectivity index (χ1v) is 10.9. The highest BCUT2D eigenvalue weighted by Gasteiger charge is 2.32. The highest BCUT2D eigenvalue weighted by molar-refractivity contribution is 6.10. The molecule has 33 heavy (non-hydrogen) atoms. The van der Waals surface area contributed by atoms with E-state index in [1.807, 2.05) is 66.7 Å². The SMILES string of the molecule is [2H]C1=C([2H])C2C(c3ccccc3)=c3c([2H])c([2H])c([2H])c([2H])c3=C(c3cccc4oc5ccccc5c34)C2C([2H])=C1[2H]. The highest BCUT2D eigenvalue weighted by atomic mass is 16.3. The number of para-hydroxylation sites is 1. The monoisotopic (exact) mass is 430 g/mol. The topological polar surface area (TPSA) is 13.1 Å². The average Bonchev–Trinajstić information content (AvgIpc) is 3.38. The zero-order valence-electron chi connectivity index (χ0n) is 25.5. The lowest BCUT2D eigenvalue weighted by Gasteiger charge is -2.33. The van der Waals surface area contributed by atoms with Gasteiger partial charge in [0.2, 0.25) is 0 Å². The van der Waals surface area contributed by atoms with E-state index in [-0.39, 0.29) is 46.7 Å². The maximum Gasteiger partial charge on any atom is 0.136 e. The fourth-order valence-corrected chi connectivity index (χ4v) is 5.14. The molecule has 0 saturated heterocycles. The number of hydrogen-bond acceptors (Lipinski definition) is 1. The third kappa shape index (κ3) is 2.72. The Bertz CT molecular complexity index is 2140. The highest BCUT2D eigenvalue weighted by Crippen LogP contribution is 2.43. The molecule has 2 aliphatic carbocycles. The molecule has 7 rings (SSSR count). The largest absolute Gasteiger partial charge is 0.456 e. The second-order valence-electron chi connectivity index (χ2n) is 8.21. The van der Waals surface area contributed by atoms with Gasteiger partial charge in [-0.15, -0.1) is 0 Å². The first-order valence-electron chi connectivity index (χ1n) is 14.9. The van der Waals surface area contributed by atoms with Crippen molar-refractivity contribution in [3.63, 3.8) is 0 Å². The van der Waals surface area contributed by atoms with E-state index in [4.69, 9.17) is 15.4 Å². The summed E-state index contributed by atoms with van der Waals surface area (Å²) in [5.74, 6) is -1.85. The molecular formula is C32H22O. The van der Waals surface area contributed by atoms with Crippen molar-refractivity contribution in [1.82, 2.24) is 0 Å². The molecule has 2 aliphatic rings. The van der Waals surface area contributed by atoms with E-state index < -0.39 is 23.9 Å². The van der Waals surface area contributed by atoms with Crippen LogP contribution >= 0.6 is 0 Å². The van der Waals surface area contributed by atoms with Crippen LogP contribution in [0.5, 0.6) is 0 Å². The van der Waals surface area contributed by atoms with Gasteiger partial charge >= 0.3 is 0 Å². The number of benzene rings is 4. The standard InChI is InChI=1S/C32H22O/c1-2-11-21(12-3-1)30-22-13-4-6-15-24(22)31(25-16-7-5-14-23(25)30)27-18-10-20-29-32(27)26-17-8-9-19-28(26)33-29/h1-20,22,24H/i4D,5D,6D,7D,13D,14D,15D,16D. The van der Waals surface area contributed by atoms with Crippen LogP contribution in [0.4, 0.5) is 0 Å². The Labute approximate surface area is 203 Å². The predicted molar refractivity (Wildman–Crippen MR) is 136 cm³/mol. The van der Waals surface area contributed by atoms with Crippen LogP contribution in [-0.2, 0) is 0 Å². The van der Waals surface area contributed by atoms with Crippen molar-refractivity contribution in [2.75, 3.05) is 0 Å². The number of hydrogen-bond donors (Lipinski definition) is 0. The summed E-state index contributed by atoms with van der Waals surface area (Å²) >= 11 is 0. The van der Waals surface area contributed by atoms with Gasteiger partial charge in [0.25, 0.3) is 0 Å². The van der Waals surface area contributed by atoms with E-state index in [9.17, 15) is 0 Å². The Morgan fingerprint density at radius 1 is 0.636 bits per heavy atom. The zero-order valence-corrected chi connectivity index (χ0v) is 17.5. The fraction of sp³-hybridized carbons (Fsp3) is 0.0625. The number of furan rings is 1. The molecule has 0 aliphatic heterocycles. The molecule has 5 aromatic rings. The summed E-state index contributed by atoms with van der Waals surface area (Å²) in [6.45, 7) is 0. The van der Waals surface area contributed by atoms with E-state index in [0.717, 1.165) is 10.8 Å². The van der Waals surface area contributed by atoms with Crippen LogP contribution in [0, 0.1) is 11.8 Å². The molecule has 1 heteroatoms. The Morgan fingerprint density at radius 3 is 2.12 bits per heavy atom. The Hall–Kier alpha value is -4.10. The third-order valence-electron chi connectivity index (χ3n) is 6.48. The maximum absolute atomic E-state index is 9.16. The average molecular weight is 431 g/mol. The van der Waals surface area contributed by atoms with Gasteiger partial charge in [0, 0.05) is 22.6 Å². The summed E-state index contributed by atoms with van der Waals surface area (Å²) in [6, 6.07) is 19.7. The van der Waals surface area contributed by atoms with Gasteiger partial charge in [0.15, 0.2) is 0 Å². The molecule has 0 bridgehead atoms. The van der Waals surface area contributed by atoms with Gasteiger partial charge in [-0.1, -0.05) is 109 Å². The van der Waals surface area contributed by atoms with E-state index in [0.29, 0.717) is 33.4 Å². The first kappa shape index (κ1) is 12.2. The van der Waals surface area contributed by atoms with Crippen molar-refractivity contribution in [3.05, 3.63) is 143 Å². The Morgan fingerprint density at radius 2 is 1.30 bits per heavy atom. The summed E-state index contributed by atoms with van der Waals surface area (Å²) in [7, 11) is 0. The molecule has 0 fully saturated rings. The molecule has 0 amide bonds. The first-order chi connectivity index (χ1) is 19.7. The molecule has 1 nitrogen and oxygen atoms in total. The number of allylic oxidation sites excluding steroid dienone is 4. The predicted octanol–water partition coefficient (Wildman–Crippen LogP) is 6.36. The van der Waals surface area contributed by atoms with Gasteiger partial charge in [-0.3, -0.25) is 0 Å². The minimum Gasteiger partial charge on any atom is -0.456 e. The molecule has 2 unspecified atom stereocenters. The normalized spacial score (nSPS) is 23.8. The molecule has 1 heterocycles. The van der Waals surface area contributed by atoms with Gasteiger partial charge < -0.3 is 4.42 Å². The molecular weight excluding hydrogens is 400 g/mol. The molecule has 1 aromatic heterocycles. The fourth-order valence-electron chi connectivity index (χ4n) is 5.14. The van der Waals surface area contributed by atoms with Crippen LogP contribution in [0.3, 0.4) is 0 Å². The smallest absolute Gasteiger partial charge is 0.136 e. The molecule has 0 saturated carbocycles. The van der Waals surface area contributed by atoms with Crippen molar-refractivity contribution in [2.24, 2.45) is 11.8 Å². The molecule has 0 spiro atoms. The van der Waals surface area contributed by atoms with E-state index >= 15 is 0 Å². The van der Waals surface area contributed by atoms with Crippen LogP contribution in [0.15, 0.2) is 126 Å². The van der Waals surface area contributed by atoms with Crippen molar-refractivity contribution in [2.45, 2.75) is 0 Å². The maximum atomic E-state index is 9.16. The Kier molecular flexibility index (Phi) is 2.67. The van der Waals surface area contributed by atoms with Gasteiger partial charge in [-0.2, -0.15) is 0 Å². The lowest BCUT2D eigenvalue weighted by Crippen LogP contribution is -2.40. The van der Waals surface area contributed by atoms with Gasteiger partial charge in [0.05, 0.1) is 11.0 Å². The summed E-state index contributed by atoms with van der Waals surface area (Å²) < 4.78 is 76.9. The van der Waals surface area contributed by atoms with Crippen LogP contribution in [0.25, 0.3) is 33.1 Å². The van der Waals surface area contributed by atoms with Crippen molar-refractivity contribution >= 4 is 33.1 Å². The molecule has 4 aromatic carbocycles. The van der Waals surface area contributed by atoms with Gasteiger partial charge in [-0.05, 0) is 44.8 Å². The lowest BCUT2D eigenvalue weighted by molar-refractivity contribution is 0.668. The van der Waals surface area contributed by atoms with Crippen molar-refractivity contribution in [3.8, 4) is 0 Å².